The van der Waals surface area contributed by atoms with Crippen molar-refractivity contribution < 1.29 is 62.4 Å². The van der Waals surface area contributed by atoms with E-state index >= 15 is 0 Å². The monoisotopic (exact) mass is 610 g/mol. The molecule has 0 spiro atoms. The average Bonchev–Trinajstić information content (AvgIpc) is 3.18. The molecule has 0 bridgehead atoms. The second-order valence-corrected chi connectivity index (χ2v) is 11.6. The highest BCUT2D eigenvalue weighted by atomic mass is 35.6. The molecule has 0 aliphatic carbocycles. The van der Waals surface area contributed by atoms with E-state index in [2.05, 4.69) is 5.32 Å². The number of hydrogen-bond donors (Lipinski definition) is 2. The van der Waals surface area contributed by atoms with Crippen LogP contribution in [0.25, 0.3) is 0 Å². The van der Waals surface area contributed by atoms with Crippen LogP contribution in [0.15, 0.2) is 0 Å². The van der Waals surface area contributed by atoms with E-state index in [0.717, 1.165) is 0 Å². The molecule has 3 heterocycles. The van der Waals surface area contributed by atoms with Crippen LogP contribution in [0, 0.1) is 0 Å². The van der Waals surface area contributed by atoms with Crippen LogP contribution in [0.5, 0.6) is 0 Å². The maximum Gasteiger partial charge on any atom is 0.407 e. The summed E-state index contributed by atoms with van der Waals surface area (Å²) in [5.74, 6) is -1.90. The van der Waals surface area contributed by atoms with E-state index in [4.69, 9.17) is 77.4 Å². The smallest absolute Gasteiger partial charge is 0.407 e. The number of halogens is 3. The predicted octanol–water partition coefficient (Wildman–Crippen LogP) is -0.638. The van der Waals surface area contributed by atoms with Crippen LogP contribution >= 0.6 is 34.8 Å². The van der Waals surface area contributed by atoms with E-state index in [-0.39, 0.29) is 0 Å². The molecule has 3 aliphatic heterocycles. The van der Waals surface area contributed by atoms with Gasteiger partial charge in [0.1, 0.15) is 43.2 Å². The fraction of sp³-hybridized carbons (Fsp3) is 0.905. The number of nitrogens with one attached hydrogen (secondary N) is 1. The van der Waals surface area contributed by atoms with Crippen LogP contribution in [-0.2, 0) is 47.4 Å². The van der Waals surface area contributed by atoms with Crippen molar-refractivity contribution >= 4 is 46.9 Å². The first-order valence-corrected chi connectivity index (χ1v) is 12.6. The topological polar surface area (TPSA) is 173 Å². The number of hydrogen-bond acceptors (Lipinski definition) is 13. The van der Waals surface area contributed by atoms with Crippen molar-refractivity contribution in [1.29, 1.82) is 0 Å². The first-order valence-electron chi connectivity index (χ1n) is 11.5. The number of rotatable bonds is 8. The minimum Gasteiger partial charge on any atom is -0.853 e. The maximum absolute atomic E-state index is 12.5. The van der Waals surface area contributed by atoms with Crippen LogP contribution in [-0.4, -0.2) is 123 Å². The molecule has 0 radical (unpaired) electrons. The Labute approximate surface area is 233 Å². The second kappa shape index (κ2) is 12.8. The molecule has 3 rings (SSSR count). The number of alkyl halides is 3. The molecule has 220 valence electrons. The van der Waals surface area contributed by atoms with Gasteiger partial charge in [0.15, 0.2) is 24.5 Å². The zero-order valence-electron chi connectivity index (χ0n) is 21.2. The molecule has 38 heavy (non-hydrogen) atoms. The lowest BCUT2D eigenvalue weighted by Crippen LogP contribution is -2.68. The summed E-state index contributed by atoms with van der Waals surface area (Å²) in [6.45, 7) is 1.82. The molecule has 10 atom stereocenters. The van der Waals surface area contributed by atoms with Gasteiger partial charge in [0, 0.05) is 14.2 Å². The van der Waals surface area contributed by atoms with Crippen molar-refractivity contribution in [2.75, 3.05) is 34.5 Å². The van der Waals surface area contributed by atoms with Gasteiger partial charge in [-0.2, -0.15) is 0 Å². The molecule has 2 N–H and O–H groups in total. The van der Waals surface area contributed by atoms with Crippen molar-refractivity contribution in [2.24, 2.45) is 0 Å². The van der Waals surface area contributed by atoms with Gasteiger partial charge >= 0.3 is 12.1 Å². The molecule has 3 aliphatic rings. The highest BCUT2D eigenvalue weighted by molar-refractivity contribution is 6.67. The summed E-state index contributed by atoms with van der Waals surface area (Å²) in [5.41, 5.74) is 0. The number of aliphatic hydroxyl groups excluding tert-OH is 1. The Morgan fingerprint density at radius 1 is 1.03 bits per heavy atom. The SMILES string of the molecule is COC(=O)C1O[C@@H](O[C@@H]2C(NC(=O)OCC(Cl)(Cl)Cl)[C@H](OC)OC(C[O-])[C@@H]2O)C2OC(C)(C)O[C@H]2[C@@H]1OC. The van der Waals surface area contributed by atoms with E-state index in [0.29, 0.717) is 0 Å². The lowest BCUT2D eigenvalue weighted by molar-refractivity contribution is -0.413. The molecule has 14 nitrogen and oxygen atoms in total. The number of esters is 1. The minimum absolute atomic E-state index is 0.596. The lowest BCUT2D eigenvalue weighted by atomic mass is 9.95. The van der Waals surface area contributed by atoms with E-state index in [1.165, 1.54) is 21.3 Å². The zero-order chi connectivity index (χ0) is 28.4. The third-order valence-electron chi connectivity index (χ3n) is 6.05. The van der Waals surface area contributed by atoms with Gasteiger partial charge in [0.25, 0.3) is 0 Å². The molecule has 1 amide bonds. The minimum atomic E-state index is -1.89. The molecule has 4 unspecified atom stereocenters. The van der Waals surface area contributed by atoms with Crippen molar-refractivity contribution in [3.63, 3.8) is 0 Å². The first-order chi connectivity index (χ1) is 17.7. The van der Waals surface area contributed by atoms with Crippen molar-refractivity contribution in [3.05, 3.63) is 0 Å². The van der Waals surface area contributed by atoms with Crippen LogP contribution in [0.3, 0.4) is 0 Å². The Morgan fingerprint density at radius 3 is 2.24 bits per heavy atom. The van der Waals surface area contributed by atoms with Gasteiger partial charge in [-0.15, -0.1) is 6.61 Å². The molecular weight excluding hydrogens is 581 g/mol. The summed E-state index contributed by atoms with van der Waals surface area (Å²) in [7, 11) is 3.79. The Hall–Kier alpha value is -0.750. The van der Waals surface area contributed by atoms with Gasteiger partial charge in [-0.1, -0.05) is 34.8 Å². The quantitative estimate of drug-likeness (QED) is 0.262. The molecule has 0 aromatic carbocycles. The average molecular weight is 612 g/mol. The van der Waals surface area contributed by atoms with E-state index in [1.807, 2.05) is 0 Å². The maximum atomic E-state index is 12.5. The summed E-state index contributed by atoms with van der Waals surface area (Å²) in [6.07, 6.45) is -12.1. The van der Waals surface area contributed by atoms with Crippen LogP contribution in [0.4, 0.5) is 4.79 Å². The van der Waals surface area contributed by atoms with Gasteiger partial charge < -0.3 is 58.2 Å². The lowest BCUT2D eigenvalue weighted by Gasteiger charge is -2.48. The van der Waals surface area contributed by atoms with Crippen LogP contribution in [0.2, 0.25) is 0 Å². The van der Waals surface area contributed by atoms with Crippen molar-refractivity contribution in [1.82, 2.24) is 5.32 Å². The summed E-state index contributed by atoms with van der Waals surface area (Å²) in [4.78, 5) is 25.0. The number of alkyl carbamates (subject to hydrolysis) is 1. The molecule has 0 saturated carbocycles. The normalized spacial score (nSPS) is 38.8. The number of fused-ring (bicyclic) bond motifs is 1. The van der Waals surface area contributed by atoms with Crippen LogP contribution in [0.1, 0.15) is 13.8 Å². The van der Waals surface area contributed by atoms with E-state index < -0.39 is 96.2 Å². The highest BCUT2D eigenvalue weighted by Gasteiger charge is 2.59. The van der Waals surface area contributed by atoms with Crippen molar-refractivity contribution in [3.8, 4) is 0 Å². The Balaban J connectivity index is 1.91. The van der Waals surface area contributed by atoms with Gasteiger partial charge in [-0.3, -0.25) is 0 Å². The molecule has 3 fully saturated rings. The van der Waals surface area contributed by atoms with Crippen LogP contribution < -0.4 is 10.4 Å². The number of aliphatic hydroxyl groups is 1. The highest BCUT2D eigenvalue weighted by Crippen LogP contribution is 2.40. The summed E-state index contributed by atoms with van der Waals surface area (Å²) in [6, 6.07) is -1.27. The summed E-state index contributed by atoms with van der Waals surface area (Å²) in [5, 5.41) is 25.2. The van der Waals surface area contributed by atoms with Gasteiger partial charge in [0.05, 0.1) is 13.2 Å². The Kier molecular flexibility index (Phi) is 10.7. The van der Waals surface area contributed by atoms with Gasteiger partial charge in [0.2, 0.25) is 3.79 Å². The van der Waals surface area contributed by atoms with Gasteiger partial charge in [-0.25, -0.2) is 9.59 Å². The summed E-state index contributed by atoms with van der Waals surface area (Å²) < 4.78 is 48.1. The second-order valence-electron chi connectivity index (χ2n) is 9.11. The third-order valence-corrected chi connectivity index (χ3v) is 6.38. The molecule has 0 aromatic rings. The van der Waals surface area contributed by atoms with E-state index in [9.17, 15) is 19.8 Å². The van der Waals surface area contributed by atoms with Gasteiger partial charge in [-0.05, 0) is 13.8 Å². The molecule has 0 aromatic heterocycles. The molecule has 3 saturated heterocycles. The molecular formula is C21H31Cl3NO13-. The number of carbonyl (C=O) groups excluding carboxylic acids is 2. The Morgan fingerprint density at radius 2 is 1.68 bits per heavy atom. The predicted molar refractivity (Wildman–Crippen MR) is 125 cm³/mol. The summed E-state index contributed by atoms with van der Waals surface area (Å²) >= 11 is 16.9. The zero-order valence-corrected chi connectivity index (χ0v) is 23.4. The number of amides is 1. The number of carbonyl (C=O) groups is 2. The number of ether oxygens (including phenoxy) is 9. The largest absolute Gasteiger partial charge is 0.853 e. The number of methoxy groups -OCH3 is 3. The fourth-order valence-electron chi connectivity index (χ4n) is 4.48. The molecule has 17 heteroatoms. The fourth-order valence-corrected chi connectivity index (χ4v) is 4.64. The van der Waals surface area contributed by atoms with Crippen molar-refractivity contribution in [2.45, 2.75) is 84.8 Å². The first kappa shape index (κ1) is 31.8. The standard InChI is InChI=1S/C21H31Cl3NO13/c1-20(2)37-13-12(30-3)14(16(28)31-4)36-18(15(13)38-20)35-11-9(25-19(29)33-7-21(22,23)24)17(32-5)34-8(6-26)10(11)27/h8-15,17-18,27H,6-7H2,1-5H3,(H,25,29)/q-1/t8?,9?,10-,11+,12-,13-,14?,15?,17+,18+/m0/s1. The third kappa shape index (κ3) is 7.30. The Bertz CT molecular complexity index is 831. The van der Waals surface area contributed by atoms with E-state index in [1.54, 1.807) is 13.8 Å².